The Labute approximate surface area is 113 Å². The van der Waals surface area contributed by atoms with E-state index in [-0.39, 0.29) is 19.0 Å². The molecule has 2 heterocycles. The summed E-state index contributed by atoms with van der Waals surface area (Å²) in [5.41, 5.74) is 2.79. The number of hydrogen-bond donors (Lipinski definition) is 1. The largest absolute Gasteiger partial charge is 0.349 e. The molecule has 1 amide bonds. The molecule has 0 radical (unpaired) electrons. The van der Waals surface area contributed by atoms with Crippen LogP contribution in [0.4, 0.5) is 0 Å². The molecule has 3 aromatic rings. The Morgan fingerprint density at radius 3 is 2.55 bits per heavy atom. The van der Waals surface area contributed by atoms with Gasteiger partial charge in [0, 0.05) is 0 Å². The van der Waals surface area contributed by atoms with Crippen molar-refractivity contribution in [2.75, 3.05) is 0 Å². The summed E-state index contributed by atoms with van der Waals surface area (Å²) in [6.07, 6.45) is 0. The number of nitrogens with zero attached hydrogens (tertiary/aromatic N) is 5. The van der Waals surface area contributed by atoms with Crippen LogP contribution in [0.3, 0.4) is 0 Å². The van der Waals surface area contributed by atoms with Crippen LogP contribution in [0.25, 0.3) is 11.0 Å². The lowest BCUT2D eigenvalue weighted by Crippen LogP contribution is -2.28. The van der Waals surface area contributed by atoms with Crippen LogP contribution < -0.4 is 5.32 Å². The zero-order valence-corrected chi connectivity index (χ0v) is 10.8. The molecule has 0 bridgehead atoms. The molecule has 0 saturated heterocycles. The van der Waals surface area contributed by atoms with E-state index in [2.05, 4.69) is 30.5 Å². The van der Waals surface area contributed by atoms with E-state index in [0.717, 1.165) is 11.0 Å². The summed E-state index contributed by atoms with van der Waals surface area (Å²) in [6.45, 7) is 2.09. The zero-order valence-electron chi connectivity index (χ0n) is 10.8. The van der Waals surface area contributed by atoms with Gasteiger partial charge in [-0.15, -0.1) is 0 Å². The maximum Gasteiger partial charge on any atom is 0.243 e. The molecule has 20 heavy (non-hydrogen) atoms. The summed E-state index contributed by atoms with van der Waals surface area (Å²) in [5, 5.41) is 18.5. The predicted octanol–water partition coefficient (Wildman–Crippen LogP) is 0.439. The van der Waals surface area contributed by atoms with Gasteiger partial charge in [-0.3, -0.25) is 4.79 Å². The molecular formula is C12H12N6O2. The van der Waals surface area contributed by atoms with Crippen molar-refractivity contribution in [3.05, 3.63) is 35.7 Å². The molecule has 0 atom stereocenters. The molecule has 0 fully saturated rings. The quantitative estimate of drug-likeness (QED) is 0.739. The van der Waals surface area contributed by atoms with E-state index in [0.29, 0.717) is 11.4 Å². The molecule has 8 heteroatoms. The van der Waals surface area contributed by atoms with Crippen LogP contribution in [0.1, 0.15) is 11.4 Å². The smallest absolute Gasteiger partial charge is 0.243 e. The number of carbonyl (C=O) groups excluding carboxylic acids is 1. The van der Waals surface area contributed by atoms with Crippen LogP contribution in [0.15, 0.2) is 28.9 Å². The van der Waals surface area contributed by atoms with Gasteiger partial charge in [-0.05, 0) is 19.1 Å². The van der Waals surface area contributed by atoms with Gasteiger partial charge in [0.1, 0.15) is 29.0 Å². The summed E-state index contributed by atoms with van der Waals surface area (Å²) < 4.78 is 4.55. The molecule has 3 rings (SSSR count). The number of benzene rings is 1. The van der Waals surface area contributed by atoms with Crippen molar-refractivity contribution in [1.29, 1.82) is 0 Å². The van der Waals surface area contributed by atoms with Crippen LogP contribution in [0.5, 0.6) is 0 Å². The van der Waals surface area contributed by atoms with Crippen molar-refractivity contribution < 1.29 is 9.42 Å². The van der Waals surface area contributed by atoms with Gasteiger partial charge in [-0.2, -0.15) is 15.0 Å². The van der Waals surface area contributed by atoms with Gasteiger partial charge in [0.2, 0.25) is 5.91 Å². The third-order valence-electron chi connectivity index (χ3n) is 2.81. The first-order valence-electron chi connectivity index (χ1n) is 6.07. The first-order chi connectivity index (χ1) is 9.72. The molecule has 0 unspecified atom stereocenters. The summed E-state index contributed by atoms with van der Waals surface area (Å²) in [6, 6.07) is 7.45. The van der Waals surface area contributed by atoms with Gasteiger partial charge in [-0.25, -0.2) is 4.63 Å². The number of fused-ring (bicyclic) bond motifs is 1. The summed E-state index contributed by atoms with van der Waals surface area (Å²) in [5.74, 6) is -0.201. The van der Waals surface area contributed by atoms with E-state index in [4.69, 9.17) is 0 Å². The summed E-state index contributed by atoms with van der Waals surface area (Å²) >= 11 is 0. The molecular weight excluding hydrogens is 260 g/mol. The van der Waals surface area contributed by atoms with E-state index < -0.39 is 0 Å². The Balaban J connectivity index is 1.62. The number of nitrogens with one attached hydrogen (secondary N) is 1. The molecule has 1 N–H and O–H groups in total. The second-order valence-electron chi connectivity index (χ2n) is 4.29. The molecule has 102 valence electrons. The molecule has 0 aliphatic heterocycles. The highest BCUT2D eigenvalue weighted by Crippen LogP contribution is 2.06. The normalized spacial score (nSPS) is 10.8. The molecule has 0 aliphatic rings. The Kier molecular flexibility index (Phi) is 3.12. The maximum absolute atomic E-state index is 11.8. The monoisotopic (exact) mass is 272 g/mol. The average molecular weight is 272 g/mol. The van der Waals surface area contributed by atoms with Gasteiger partial charge in [0.15, 0.2) is 0 Å². The Hall–Kier alpha value is -2.77. The van der Waals surface area contributed by atoms with Gasteiger partial charge < -0.3 is 5.32 Å². The van der Waals surface area contributed by atoms with Gasteiger partial charge in [-0.1, -0.05) is 22.4 Å². The number of rotatable bonds is 4. The van der Waals surface area contributed by atoms with Crippen molar-refractivity contribution in [2.24, 2.45) is 0 Å². The molecule has 0 spiro atoms. The fourth-order valence-electron chi connectivity index (χ4n) is 1.75. The third kappa shape index (κ3) is 2.48. The SMILES string of the molecule is Cc1nonc1CNC(=O)Cn1nc2ccccc2n1. The topological polar surface area (TPSA) is 98.7 Å². The molecule has 1 aromatic carbocycles. The van der Waals surface area contributed by atoms with Crippen LogP contribution in [0, 0.1) is 6.92 Å². The lowest BCUT2D eigenvalue weighted by atomic mass is 10.3. The second kappa shape index (κ2) is 5.08. The molecule has 8 nitrogen and oxygen atoms in total. The third-order valence-corrected chi connectivity index (χ3v) is 2.81. The molecule has 0 saturated carbocycles. The van der Waals surface area contributed by atoms with Crippen LogP contribution >= 0.6 is 0 Å². The minimum Gasteiger partial charge on any atom is -0.349 e. The van der Waals surface area contributed by atoms with Crippen molar-refractivity contribution in [3.8, 4) is 0 Å². The van der Waals surface area contributed by atoms with Gasteiger partial charge in [0.05, 0.1) is 6.54 Å². The fourth-order valence-corrected chi connectivity index (χ4v) is 1.75. The Morgan fingerprint density at radius 1 is 1.25 bits per heavy atom. The Morgan fingerprint density at radius 2 is 1.95 bits per heavy atom. The number of aromatic nitrogens is 5. The number of aryl methyl sites for hydroxylation is 1. The lowest BCUT2D eigenvalue weighted by molar-refractivity contribution is -0.122. The summed E-state index contributed by atoms with van der Waals surface area (Å²) in [7, 11) is 0. The van der Waals surface area contributed by atoms with E-state index in [1.807, 2.05) is 24.3 Å². The van der Waals surface area contributed by atoms with Crippen molar-refractivity contribution in [2.45, 2.75) is 20.0 Å². The summed E-state index contributed by atoms with van der Waals surface area (Å²) in [4.78, 5) is 13.2. The van der Waals surface area contributed by atoms with E-state index >= 15 is 0 Å². The number of hydrogen-bond acceptors (Lipinski definition) is 6. The van der Waals surface area contributed by atoms with Crippen molar-refractivity contribution in [3.63, 3.8) is 0 Å². The van der Waals surface area contributed by atoms with Gasteiger partial charge >= 0.3 is 0 Å². The predicted molar refractivity (Wildman–Crippen MR) is 68.4 cm³/mol. The minimum atomic E-state index is -0.201. The van der Waals surface area contributed by atoms with E-state index in [1.54, 1.807) is 6.92 Å². The van der Waals surface area contributed by atoms with E-state index in [1.165, 1.54) is 4.80 Å². The standard InChI is InChI=1S/C12H12N6O2/c1-8-11(17-20-16-8)6-13-12(19)7-18-14-9-4-2-3-5-10(9)15-18/h2-5H,6-7H2,1H3,(H,13,19). The van der Waals surface area contributed by atoms with Crippen LogP contribution in [0.2, 0.25) is 0 Å². The van der Waals surface area contributed by atoms with Crippen molar-refractivity contribution in [1.82, 2.24) is 30.6 Å². The highest BCUT2D eigenvalue weighted by Gasteiger charge is 2.09. The van der Waals surface area contributed by atoms with Crippen molar-refractivity contribution >= 4 is 16.9 Å². The highest BCUT2D eigenvalue weighted by atomic mass is 16.6. The number of amides is 1. The first-order valence-corrected chi connectivity index (χ1v) is 6.07. The number of carbonyl (C=O) groups is 1. The average Bonchev–Trinajstić information content (AvgIpc) is 3.01. The van der Waals surface area contributed by atoms with Gasteiger partial charge in [0.25, 0.3) is 0 Å². The molecule has 2 aromatic heterocycles. The van der Waals surface area contributed by atoms with Crippen LogP contribution in [-0.4, -0.2) is 31.2 Å². The van der Waals surface area contributed by atoms with E-state index in [9.17, 15) is 4.79 Å². The fraction of sp³-hybridized carbons (Fsp3) is 0.250. The second-order valence-corrected chi connectivity index (χ2v) is 4.29. The zero-order chi connectivity index (χ0) is 13.9. The lowest BCUT2D eigenvalue weighted by Gasteiger charge is -2.02. The minimum absolute atomic E-state index is 0.0546. The van der Waals surface area contributed by atoms with Crippen LogP contribution in [-0.2, 0) is 17.9 Å². The molecule has 0 aliphatic carbocycles. The maximum atomic E-state index is 11.8. The first kappa shape index (κ1) is 12.3. The Bertz CT molecular complexity index is 714. The highest BCUT2D eigenvalue weighted by molar-refractivity contribution is 5.77.